The highest BCUT2D eigenvalue weighted by atomic mass is 31.1. The van der Waals surface area contributed by atoms with Crippen LogP contribution in [0.5, 0.6) is 5.75 Å². The normalized spacial score (nSPS) is 13.2. The van der Waals surface area contributed by atoms with Crippen molar-refractivity contribution in [1.29, 1.82) is 0 Å². The summed E-state index contributed by atoms with van der Waals surface area (Å²) in [6.45, 7) is 0. The fourth-order valence-electron chi connectivity index (χ4n) is 8.12. The highest BCUT2D eigenvalue weighted by Gasteiger charge is 2.32. The summed E-state index contributed by atoms with van der Waals surface area (Å²) in [7, 11) is 0.825. The van der Waals surface area contributed by atoms with E-state index in [0.717, 1.165) is 39.9 Å². The lowest BCUT2D eigenvalue weighted by Gasteiger charge is -2.34. The van der Waals surface area contributed by atoms with Crippen LogP contribution < -0.4 is 30.5 Å². The van der Waals surface area contributed by atoms with Gasteiger partial charge in [-0.2, -0.15) is 0 Å². The van der Waals surface area contributed by atoms with Crippen LogP contribution in [-0.2, 0) is 0 Å². The van der Waals surface area contributed by atoms with E-state index in [1.54, 1.807) is 0 Å². The minimum absolute atomic E-state index is 0.852. The molecule has 252 valence electrons. The molecule has 1 heterocycles. The maximum atomic E-state index is 6.45. The van der Waals surface area contributed by atoms with Gasteiger partial charge in [-0.15, -0.1) is 0 Å². The van der Waals surface area contributed by atoms with Gasteiger partial charge in [-0.1, -0.05) is 127 Å². The molecule has 9 aromatic carbocycles. The molecule has 0 fully saturated rings. The molecule has 1 unspecified atom stereocenters. The van der Waals surface area contributed by atoms with Crippen molar-refractivity contribution in [3.05, 3.63) is 194 Å². The molecule has 0 radical (unpaired) electrons. The van der Waals surface area contributed by atoms with Crippen LogP contribution in [0.1, 0.15) is 0 Å². The zero-order chi connectivity index (χ0) is 35.3. The van der Waals surface area contributed by atoms with Crippen LogP contribution in [0, 0.1) is 0 Å². The highest BCUT2D eigenvalue weighted by Crippen LogP contribution is 2.53. The number of anilines is 6. The second kappa shape index (κ2) is 13.0. The first-order valence-electron chi connectivity index (χ1n) is 18.0. The molecule has 0 amide bonds. The Balaban J connectivity index is 1.33. The Hall–Kier alpha value is -6.41. The zero-order valence-electron chi connectivity index (χ0n) is 29.2. The third kappa shape index (κ3) is 5.16. The number of para-hydroxylation sites is 4. The van der Waals surface area contributed by atoms with Crippen molar-refractivity contribution in [1.82, 2.24) is 0 Å². The predicted molar refractivity (Wildman–Crippen MR) is 227 cm³/mol. The molecule has 0 aliphatic carbocycles. The van der Waals surface area contributed by atoms with Gasteiger partial charge in [0.2, 0.25) is 0 Å². The largest absolute Gasteiger partial charge is 0.495 e. The van der Waals surface area contributed by atoms with Crippen molar-refractivity contribution < 1.29 is 4.74 Å². The average molecular weight is 699 g/mol. The molecule has 0 aromatic heterocycles. The third-order valence-corrected chi connectivity index (χ3v) is 12.8. The van der Waals surface area contributed by atoms with Gasteiger partial charge in [-0.05, 0) is 112 Å². The second-order valence-corrected chi connectivity index (χ2v) is 15.5. The fraction of sp³-hybridized carbons (Fsp3) is 0.0204. The first-order chi connectivity index (χ1) is 26.3. The number of hydrogen-bond acceptors (Lipinski definition) is 3. The first-order valence-corrected chi connectivity index (χ1v) is 19.3. The van der Waals surface area contributed by atoms with Gasteiger partial charge in [0.15, 0.2) is 0 Å². The number of nitrogens with zero attached hydrogens (tertiary/aromatic N) is 2. The van der Waals surface area contributed by atoms with E-state index >= 15 is 0 Å². The smallest absolute Gasteiger partial charge is 0.144 e. The van der Waals surface area contributed by atoms with Crippen LogP contribution in [0.25, 0.3) is 32.3 Å². The Bertz CT molecular complexity index is 2680. The van der Waals surface area contributed by atoms with Gasteiger partial charge >= 0.3 is 0 Å². The van der Waals surface area contributed by atoms with Gasteiger partial charge in [-0.3, -0.25) is 0 Å². The lowest BCUT2D eigenvalue weighted by molar-refractivity contribution is 0.417. The standard InChI is InChI=1S/C49H35N2OP/c1-52-43-33-45-48-42(49(43)51(38-21-11-4-12-22-38)39-23-13-5-14-24-39)30-29-34-27-28-35-31-40(50(36-17-7-2-8-18-36)37-19-9-3-10-20-37)32-44(46(35)47(34)48)53(45)41-25-15-6-16-26-41/h2-33H,1H3. The lowest BCUT2D eigenvalue weighted by atomic mass is 9.94. The third-order valence-electron chi connectivity index (χ3n) is 10.3. The fourth-order valence-corrected chi connectivity index (χ4v) is 10.8. The Labute approximate surface area is 310 Å². The molecule has 0 spiro atoms. The van der Waals surface area contributed by atoms with Gasteiger partial charge < -0.3 is 14.5 Å². The van der Waals surface area contributed by atoms with Crippen molar-refractivity contribution in [2.24, 2.45) is 0 Å². The predicted octanol–water partition coefficient (Wildman–Crippen LogP) is 12.2. The van der Waals surface area contributed by atoms with Gasteiger partial charge in [0.1, 0.15) is 5.75 Å². The molecule has 3 nitrogen and oxygen atoms in total. The molecule has 0 saturated heterocycles. The number of methoxy groups -OCH3 is 1. The summed E-state index contributed by atoms with van der Waals surface area (Å²) in [6, 6.07) is 70.2. The Morgan fingerprint density at radius 2 is 0.868 bits per heavy atom. The van der Waals surface area contributed by atoms with Gasteiger partial charge in [0.25, 0.3) is 0 Å². The van der Waals surface area contributed by atoms with E-state index in [2.05, 4.69) is 204 Å². The van der Waals surface area contributed by atoms with Crippen LogP contribution in [0.3, 0.4) is 0 Å². The van der Waals surface area contributed by atoms with Gasteiger partial charge in [0, 0.05) is 39.2 Å². The van der Waals surface area contributed by atoms with E-state index in [1.807, 2.05) is 7.11 Å². The summed E-state index contributed by atoms with van der Waals surface area (Å²) in [5.74, 6) is 0.852. The van der Waals surface area contributed by atoms with Crippen molar-refractivity contribution in [3.63, 3.8) is 0 Å². The molecule has 0 saturated carbocycles. The van der Waals surface area contributed by atoms with Crippen LogP contribution in [-0.4, -0.2) is 7.11 Å². The Kier molecular flexibility index (Phi) is 7.67. The molecule has 53 heavy (non-hydrogen) atoms. The van der Waals surface area contributed by atoms with Crippen LogP contribution in [0.15, 0.2) is 194 Å². The number of benzene rings is 9. The molecular formula is C49H35N2OP. The zero-order valence-corrected chi connectivity index (χ0v) is 30.1. The number of hydrogen-bond donors (Lipinski definition) is 0. The molecule has 9 aromatic rings. The Morgan fingerprint density at radius 1 is 0.396 bits per heavy atom. The summed E-state index contributed by atoms with van der Waals surface area (Å²) in [6.07, 6.45) is 0. The topological polar surface area (TPSA) is 15.7 Å². The quantitative estimate of drug-likeness (QED) is 0.116. The van der Waals surface area contributed by atoms with Crippen LogP contribution >= 0.6 is 7.92 Å². The molecule has 0 N–H and O–H groups in total. The molecule has 0 bridgehead atoms. The summed E-state index contributed by atoms with van der Waals surface area (Å²) < 4.78 is 6.45. The first kappa shape index (κ1) is 31.3. The Morgan fingerprint density at radius 3 is 1.42 bits per heavy atom. The summed E-state index contributed by atoms with van der Waals surface area (Å²) >= 11 is 0. The molecule has 1 aliphatic heterocycles. The molecule has 4 heteroatoms. The van der Waals surface area contributed by atoms with E-state index in [4.69, 9.17) is 4.74 Å². The maximum absolute atomic E-state index is 6.45. The molecule has 1 atom stereocenters. The van der Waals surface area contributed by atoms with Gasteiger partial charge in [0.05, 0.1) is 12.8 Å². The molecule has 10 rings (SSSR count). The minimum Gasteiger partial charge on any atom is -0.495 e. The van der Waals surface area contributed by atoms with Crippen molar-refractivity contribution in [2.45, 2.75) is 0 Å². The van der Waals surface area contributed by atoms with Crippen LogP contribution in [0.4, 0.5) is 34.1 Å². The summed E-state index contributed by atoms with van der Waals surface area (Å²) in [4.78, 5) is 4.74. The SMILES string of the molecule is COc1cc2c3c(ccc4ccc5cc(N(c6ccccc6)c6ccccc6)cc(c5c43)P2c2ccccc2)c1N(c1ccccc1)c1ccccc1. The average Bonchev–Trinajstić information content (AvgIpc) is 3.23. The van der Waals surface area contributed by atoms with E-state index in [1.165, 1.54) is 48.2 Å². The number of rotatable bonds is 8. The van der Waals surface area contributed by atoms with Crippen LogP contribution in [0.2, 0.25) is 0 Å². The maximum Gasteiger partial charge on any atom is 0.144 e. The van der Waals surface area contributed by atoms with E-state index in [-0.39, 0.29) is 0 Å². The van der Waals surface area contributed by atoms with Crippen molar-refractivity contribution in [2.75, 3.05) is 16.9 Å². The van der Waals surface area contributed by atoms with E-state index in [9.17, 15) is 0 Å². The number of ether oxygens (including phenoxy) is 1. The molecular weight excluding hydrogens is 664 g/mol. The summed E-state index contributed by atoms with van der Waals surface area (Å²) in [5.41, 5.74) is 6.61. The summed E-state index contributed by atoms with van der Waals surface area (Å²) in [5, 5.41) is 11.6. The monoisotopic (exact) mass is 698 g/mol. The van der Waals surface area contributed by atoms with E-state index in [0.29, 0.717) is 0 Å². The molecule has 1 aliphatic rings. The van der Waals surface area contributed by atoms with Gasteiger partial charge in [-0.25, -0.2) is 0 Å². The van der Waals surface area contributed by atoms with E-state index < -0.39 is 7.92 Å². The highest BCUT2D eigenvalue weighted by molar-refractivity contribution is 7.81. The van der Waals surface area contributed by atoms with Crippen molar-refractivity contribution in [3.8, 4) is 5.75 Å². The van der Waals surface area contributed by atoms with Crippen molar-refractivity contribution >= 4 is 90.3 Å². The lowest BCUT2D eigenvalue weighted by Crippen LogP contribution is -2.26. The second-order valence-electron chi connectivity index (χ2n) is 13.3. The minimum atomic E-state index is -0.983.